The first-order valence-corrected chi connectivity index (χ1v) is 7.51. The second kappa shape index (κ2) is 6.96. The molecule has 0 amide bonds. The number of hydrogen-bond acceptors (Lipinski definition) is 4. The Hall–Kier alpha value is -3.14. The molecule has 0 N–H and O–H groups in total. The van der Waals surface area contributed by atoms with E-state index in [1.165, 1.54) is 7.11 Å². The number of rotatable bonds is 5. The van der Waals surface area contributed by atoms with E-state index in [9.17, 15) is 9.59 Å². The predicted molar refractivity (Wildman–Crippen MR) is 91.6 cm³/mol. The second-order valence-corrected chi connectivity index (χ2v) is 5.26. The first kappa shape index (κ1) is 15.7. The topological polar surface area (TPSA) is 52.6 Å². The number of methoxy groups -OCH3 is 1. The van der Waals surface area contributed by atoms with Crippen molar-refractivity contribution in [3.63, 3.8) is 0 Å². The zero-order valence-electron chi connectivity index (χ0n) is 13.2. The van der Waals surface area contributed by atoms with Crippen molar-refractivity contribution < 1.29 is 19.1 Å². The van der Waals surface area contributed by atoms with Gasteiger partial charge in [-0.3, -0.25) is 4.79 Å². The minimum Gasteiger partial charge on any atom is -0.497 e. The Bertz CT molecular complexity index is 894. The number of benzene rings is 3. The maximum absolute atomic E-state index is 12.4. The van der Waals surface area contributed by atoms with Crippen LogP contribution in [0.2, 0.25) is 0 Å². The maximum Gasteiger partial charge on any atom is 0.338 e. The van der Waals surface area contributed by atoms with Gasteiger partial charge in [-0.2, -0.15) is 0 Å². The van der Waals surface area contributed by atoms with E-state index in [0.29, 0.717) is 16.9 Å². The Balaban J connectivity index is 1.74. The number of ketones is 1. The molecule has 0 saturated carbocycles. The fourth-order valence-electron chi connectivity index (χ4n) is 2.51. The summed E-state index contributed by atoms with van der Waals surface area (Å²) in [5, 5.41) is 1.82. The molecule has 4 heteroatoms. The third-order valence-corrected chi connectivity index (χ3v) is 3.73. The van der Waals surface area contributed by atoms with Crippen molar-refractivity contribution in [2.45, 2.75) is 0 Å². The normalized spacial score (nSPS) is 10.4. The van der Waals surface area contributed by atoms with Gasteiger partial charge in [0.25, 0.3) is 0 Å². The van der Waals surface area contributed by atoms with E-state index >= 15 is 0 Å². The van der Waals surface area contributed by atoms with Crippen LogP contribution in [0.3, 0.4) is 0 Å². The van der Waals surface area contributed by atoms with E-state index < -0.39 is 5.97 Å². The maximum atomic E-state index is 12.4. The molecule has 0 unspecified atom stereocenters. The fourth-order valence-corrected chi connectivity index (χ4v) is 2.51. The summed E-state index contributed by atoms with van der Waals surface area (Å²) in [6, 6.07) is 19.7. The Labute approximate surface area is 139 Å². The van der Waals surface area contributed by atoms with E-state index in [2.05, 4.69) is 0 Å². The molecule has 0 atom stereocenters. The first-order chi connectivity index (χ1) is 11.7. The van der Waals surface area contributed by atoms with Crippen molar-refractivity contribution in [3.05, 3.63) is 77.9 Å². The van der Waals surface area contributed by atoms with E-state index in [1.807, 2.05) is 36.4 Å². The van der Waals surface area contributed by atoms with Gasteiger partial charge in [0.1, 0.15) is 5.75 Å². The van der Waals surface area contributed by atoms with Crippen LogP contribution in [-0.4, -0.2) is 25.5 Å². The van der Waals surface area contributed by atoms with E-state index in [1.54, 1.807) is 30.3 Å². The highest BCUT2D eigenvalue weighted by Gasteiger charge is 2.14. The van der Waals surface area contributed by atoms with Crippen LogP contribution in [0.25, 0.3) is 10.8 Å². The van der Waals surface area contributed by atoms with Gasteiger partial charge in [-0.1, -0.05) is 48.5 Å². The SMILES string of the molecule is COc1cccc(C(=O)OCC(=O)c2cccc3ccccc23)c1. The standard InChI is InChI=1S/C20H16O4/c1-23-16-9-4-8-15(12-16)20(22)24-13-19(21)18-11-5-7-14-6-2-3-10-17(14)18/h2-12H,13H2,1H3. The van der Waals surface area contributed by atoms with Gasteiger partial charge in [-0.25, -0.2) is 4.79 Å². The largest absolute Gasteiger partial charge is 0.497 e. The van der Waals surface area contributed by atoms with Crippen LogP contribution in [-0.2, 0) is 4.74 Å². The minimum absolute atomic E-state index is 0.233. The van der Waals surface area contributed by atoms with Crippen molar-refractivity contribution in [1.29, 1.82) is 0 Å². The van der Waals surface area contributed by atoms with E-state index in [-0.39, 0.29) is 12.4 Å². The van der Waals surface area contributed by atoms with Gasteiger partial charge in [0.2, 0.25) is 5.78 Å². The number of carbonyl (C=O) groups is 2. The summed E-state index contributed by atoms with van der Waals surface area (Å²) in [5.74, 6) is -0.227. The average molecular weight is 320 g/mol. The number of ether oxygens (including phenoxy) is 2. The number of esters is 1. The Morgan fingerprint density at radius 3 is 2.50 bits per heavy atom. The smallest absolute Gasteiger partial charge is 0.338 e. The highest BCUT2D eigenvalue weighted by molar-refractivity contribution is 6.09. The van der Waals surface area contributed by atoms with Crippen LogP contribution in [0.15, 0.2) is 66.7 Å². The van der Waals surface area contributed by atoms with E-state index in [4.69, 9.17) is 9.47 Å². The molecule has 0 aromatic heterocycles. The summed E-state index contributed by atoms with van der Waals surface area (Å²) in [5.41, 5.74) is 0.895. The van der Waals surface area contributed by atoms with Gasteiger partial charge >= 0.3 is 5.97 Å². The molecule has 4 nitrogen and oxygen atoms in total. The summed E-state index contributed by atoms with van der Waals surface area (Å²) < 4.78 is 10.2. The highest BCUT2D eigenvalue weighted by atomic mass is 16.5. The Morgan fingerprint density at radius 2 is 1.67 bits per heavy atom. The lowest BCUT2D eigenvalue weighted by molar-refractivity contribution is 0.0475. The summed E-state index contributed by atoms with van der Waals surface area (Å²) in [7, 11) is 1.52. The molecule has 24 heavy (non-hydrogen) atoms. The lowest BCUT2D eigenvalue weighted by Crippen LogP contribution is -2.14. The summed E-state index contributed by atoms with van der Waals surface area (Å²) in [6.07, 6.45) is 0. The van der Waals surface area contributed by atoms with Crippen LogP contribution in [0.1, 0.15) is 20.7 Å². The zero-order chi connectivity index (χ0) is 16.9. The van der Waals surface area contributed by atoms with Crippen molar-refractivity contribution in [3.8, 4) is 5.75 Å². The summed E-state index contributed by atoms with van der Waals surface area (Å²) in [4.78, 5) is 24.5. The van der Waals surface area contributed by atoms with Gasteiger partial charge < -0.3 is 9.47 Å². The second-order valence-electron chi connectivity index (χ2n) is 5.26. The molecule has 3 aromatic rings. The number of carbonyl (C=O) groups excluding carboxylic acids is 2. The van der Waals surface area contributed by atoms with Crippen molar-refractivity contribution in [2.75, 3.05) is 13.7 Å². The number of Topliss-reactive ketones (excluding diaryl/α,β-unsaturated/α-hetero) is 1. The van der Waals surface area contributed by atoms with Crippen LogP contribution in [0.5, 0.6) is 5.75 Å². The monoisotopic (exact) mass is 320 g/mol. The van der Waals surface area contributed by atoms with Gasteiger partial charge in [-0.15, -0.1) is 0 Å². The molecule has 0 saturated heterocycles. The van der Waals surface area contributed by atoms with Crippen molar-refractivity contribution >= 4 is 22.5 Å². The van der Waals surface area contributed by atoms with Crippen LogP contribution >= 0.6 is 0 Å². The van der Waals surface area contributed by atoms with Gasteiger partial charge in [0.05, 0.1) is 12.7 Å². The average Bonchev–Trinajstić information content (AvgIpc) is 2.65. The number of hydrogen-bond donors (Lipinski definition) is 0. The quantitative estimate of drug-likeness (QED) is 0.529. The first-order valence-electron chi connectivity index (χ1n) is 7.51. The van der Waals surface area contributed by atoms with Crippen LogP contribution < -0.4 is 4.74 Å². The molecule has 0 bridgehead atoms. The van der Waals surface area contributed by atoms with Gasteiger partial charge in [-0.05, 0) is 29.0 Å². The van der Waals surface area contributed by atoms with Gasteiger partial charge in [0, 0.05) is 5.56 Å². The Morgan fingerprint density at radius 1 is 0.917 bits per heavy atom. The summed E-state index contributed by atoms with van der Waals surface area (Å²) in [6.45, 7) is -0.302. The zero-order valence-corrected chi connectivity index (χ0v) is 13.2. The van der Waals surface area contributed by atoms with Crippen LogP contribution in [0.4, 0.5) is 0 Å². The van der Waals surface area contributed by atoms with Crippen LogP contribution in [0, 0.1) is 0 Å². The molecule has 0 radical (unpaired) electrons. The molecule has 0 aliphatic rings. The Kier molecular flexibility index (Phi) is 4.57. The summed E-state index contributed by atoms with van der Waals surface area (Å²) >= 11 is 0. The lowest BCUT2D eigenvalue weighted by atomic mass is 10.0. The predicted octanol–water partition coefficient (Wildman–Crippen LogP) is 3.89. The molecule has 0 fully saturated rings. The van der Waals surface area contributed by atoms with Crippen molar-refractivity contribution in [1.82, 2.24) is 0 Å². The molecular formula is C20H16O4. The van der Waals surface area contributed by atoms with Gasteiger partial charge in [0.15, 0.2) is 6.61 Å². The molecule has 0 aliphatic heterocycles. The molecule has 0 aliphatic carbocycles. The molecule has 3 aromatic carbocycles. The number of fused-ring (bicyclic) bond motifs is 1. The lowest BCUT2D eigenvalue weighted by Gasteiger charge is -2.08. The van der Waals surface area contributed by atoms with E-state index in [0.717, 1.165) is 10.8 Å². The molecule has 120 valence electrons. The third-order valence-electron chi connectivity index (χ3n) is 3.73. The third kappa shape index (κ3) is 3.27. The highest BCUT2D eigenvalue weighted by Crippen LogP contribution is 2.19. The minimum atomic E-state index is -0.553. The fraction of sp³-hybridized carbons (Fsp3) is 0.100. The molecule has 3 rings (SSSR count). The molecular weight excluding hydrogens is 304 g/mol. The van der Waals surface area contributed by atoms with Crippen molar-refractivity contribution in [2.24, 2.45) is 0 Å². The molecule has 0 spiro atoms. The molecule has 0 heterocycles.